The van der Waals surface area contributed by atoms with Gasteiger partial charge in [0.1, 0.15) is 0 Å². The zero-order chi connectivity index (χ0) is 11.8. The Morgan fingerprint density at radius 1 is 1.38 bits per heavy atom. The summed E-state index contributed by atoms with van der Waals surface area (Å²) in [6, 6.07) is 5.69. The first-order chi connectivity index (χ1) is 7.74. The maximum atomic E-state index is 5.91. The first-order valence-corrected chi connectivity index (χ1v) is 6.67. The smallest absolute Gasteiger partial charge is 0.0639 e. The molecule has 0 radical (unpaired) electrons. The van der Waals surface area contributed by atoms with E-state index in [0.29, 0.717) is 0 Å². The van der Waals surface area contributed by atoms with Crippen LogP contribution in [0.1, 0.15) is 19.8 Å². The lowest BCUT2D eigenvalue weighted by atomic mass is 10.3. The van der Waals surface area contributed by atoms with Gasteiger partial charge >= 0.3 is 0 Å². The molecule has 16 heavy (non-hydrogen) atoms. The molecule has 1 N–H and O–H groups in total. The minimum absolute atomic E-state index is 0.721. The van der Waals surface area contributed by atoms with E-state index in [2.05, 4.69) is 28.2 Å². The van der Waals surface area contributed by atoms with Gasteiger partial charge in [0.15, 0.2) is 0 Å². The van der Waals surface area contributed by atoms with E-state index in [-0.39, 0.29) is 0 Å². The predicted molar refractivity (Wildman–Crippen MR) is 73.4 cm³/mol. The van der Waals surface area contributed by atoms with Crippen molar-refractivity contribution in [2.24, 2.45) is 0 Å². The van der Waals surface area contributed by atoms with E-state index >= 15 is 0 Å². The number of halogens is 2. The van der Waals surface area contributed by atoms with Crippen molar-refractivity contribution in [1.82, 2.24) is 0 Å². The normalized spacial score (nSPS) is 10.4. The highest BCUT2D eigenvalue weighted by atomic mass is 79.9. The fraction of sp³-hybridized carbons (Fsp3) is 0.500. The van der Waals surface area contributed by atoms with Crippen molar-refractivity contribution in [2.45, 2.75) is 19.8 Å². The van der Waals surface area contributed by atoms with Gasteiger partial charge in [0.25, 0.3) is 0 Å². The van der Waals surface area contributed by atoms with E-state index in [1.165, 1.54) is 6.42 Å². The van der Waals surface area contributed by atoms with Crippen molar-refractivity contribution in [2.75, 3.05) is 25.1 Å². The Morgan fingerprint density at radius 3 is 2.94 bits per heavy atom. The Hall–Kier alpha value is -0.250. The van der Waals surface area contributed by atoms with Crippen LogP contribution < -0.4 is 5.32 Å². The summed E-state index contributed by atoms with van der Waals surface area (Å²) in [5.41, 5.74) is 1.01. The van der Waals surface area contributed by atoms with Crippen LogP contribution in [0.5, 0.6) is 0 Å². The predicted octanol–water partition coefficient (Wildman–Crippen LogP) is 4.33. The topological polar surface area (TPSA) is 21.3 Å². The molecule has 0 saturated heterocycles. The van der Waals surface area contributed by atoms with Crippen LogP contribution >= 0.6 is 27.5 Å². The van der Waals surface area contributed by atoms with E-state index in [1.54, 1.807) is 0 Å². The molecular formula is C12H17BrClNO. The lowest BCUT2D eigenvalue weighted by Gasteiger charge is -2.09. The van der Waals surface area contributed by atoms with Crippen molar-refractivity contribution < 1.29 is 4.74 Å². The van der Waals surface area contributed by atoms with Crippen LogP contribution in [0.15, 0.2) is 22.7 Å². The van der Waals surface area contributed by atoms with Gasteiger partial charge in [-0.3, -0.25) is 0 Å². The highest BCUT2D eigenvalue weighted by Gasteiger charge is 1.99. The van der Waals surface area contributed by atoms with Gasteiger partial charge in [0.2, 0.25) is 0 Å². The van der Waals surface area contributed by atoms with E-state index in [1.807, 2.05) is 18.2 Å². The summed E-state index contributed by atoms with van der Waals surface area (Å²) in [5.74, 6) is 0. The first kappa shape index (κ1) is 13.8. The largest absolute Gasteiger partial charge is 0.382 e. The molecule has 0 unspecified atom stereocenters. The molecule has 0 aromatic heterocycles. The van der Waals surface area contributed by atoms with Crippen molar-refractivity contribution >= 4 is 33.2 Å². The third kappa shape index (κ3) is 5.19. The molecule has 1 aromatic carbocycles. The summed E-state index contributed by atoms with van der Waals surface area (Å²) in [6.45, 7) is 4.52. The van der Waals surface area contributed by atoms with Crippen LogP contribution in [0.4, 0.5) is 5.69 Å². The van der Waals surface area contributed by atoms with Gasteiger partial charge in [0, 0.05) is 28.3 Å². The molecule has 0 aliphatic heterocycles. The highest BCUT2D eigenvalue weighted by molar-refractivity contribution is 9.10. The summed E-state index contributed by atoms with van der Waals surface area (Å²) in [6.07, 6.45) is 2.30. The average Bonchev–Trinajstić information content (AvgIpc) is 2.28. The Kier molecular flexibility index (Phi) is 6.85. The number of hydrogen-bond donors (Lipinski definition) is 1. The van der Waals surface area contributed by atoms with Crippen LogP contribution in [-0.2, 0) is 4.74 Å². The SMILES string of the molecule is CCCCOCCNc1cc(Cl)ccc1Br. The van der Waals surface area contributed by atoms with Crippen LogP contribution in [-0.4, -0.2) is 19.8 Å². The van der Waals surface area contributed by atoms with Gasteiger partial charge < -0.3 is 10.1 Å². The number of ether oxygens (including phenoxy) is 1. The van der Waals surface area contributed by atoms with Crippen LogP contribution in [0.3, 0.4) is 0 Å². The van der Waals surface area contributed by atoms with Crippen molar-refractivity contribution in [3.63, 3.8) is 0 Å². The van der Waals surface area contributed by atoms with E-state index < -0.39 is 0 Å². The van der Waals surface area contributed by atoms with Crippen LogP contribution in [0, 0.1) is 0 Å². The molecule has 1 aromatic rings. The minimum Gasteiger partial charge on any atom is -0.382 e. The molecule has 0 fully saturated rings. The zero-order valence-electron chi connectivity index (χ0n) is 9.43. The Labute approximate surface area is 110 Å². The van der Waals surface area contributed by atoms with E-state index in [0.717, 1.165) is 41.4 Å². The molecule has 0 spiro atoms. The molecule has 0 amide bonds. The van der Waals surface area contributed by atoms with Gasteiger partial charge in [-0.2, -0.15) is 0 Å². The number of benzene rings is 1. The van der Waals surface area contributed by atoms with E-state index in [4.69, 9.17) is 16.3 Å². The standard InChI is InChI=1S/C12H17BrClNO/c1-2-3-7-16-8-6-15-12-9-10(14)4-5-11(12)13/h4-5,9,15H,2-3,6-8H2,1H3. The van der Waals surface area contributed by atoms with Crippen molar-refractivity contribution in [1.29, 1.82) is 0 Å². The Balaban J connectivity index is 2.23. The first-order valence-electron chi connectivity index (χ1n) is 5.50. The van der Waals surface area contributed by atoms with Gasteiger partial charge in [-0.15, -0.1) is 0 Å². The van der Waals surface area contributed by atoms with Crippen LogP contribution in [0.2, 0.25) is 5.02 Å². The number of hydrogen-bond acceptors (Lipinski definition) is 2. The van der Waals surface area contributed by atoms with Gasteiger partial charge in [0.05, 0.1) is 6.61 Å². The molecule has 4 heteroatoms. The van der Waals surface area contributed by atoms with E-state index in [9.17, 15) is 0 Å². The number of nitrogens with one attached hydrogen (secondary N) is 1. The maximum Gasteiger partial charge on any atom is 0.0639 e. The molecule has 1 rings (SSSR count). The van der Waals surface area contributed by atoms with Crippen molar-refractivity contribution in [3.8, 4) is 0 Å². The molecular weight excluding hydrogens is 289 g/mol. The summed E-state index contributed by atoms with van der Waals surface area (Å²) in [4.78, 5) is 0. The monoisotopic (exact) mass is 305 g/mol. The molecule has 90 valence electrons. The molecule has 0 heterocycles. The number of rotatable bonds is 7. The van der Waals surface area contributed by atoms with Crippen LogP contribution in [0.25, 0.3) is 0 Å². The van der Waals surface area contributed by atoms with Gasteiger partial charge in [-0.25, -0.2) is 0 Å². The number of anilines is 1. The third-order valence-electron chi connectivity index (χ3n) is 2.13. The molecule has 0 aliphatic carbocycles. The molecule has 0 saturated carbocycles. The van der Waals surface area contributed by atoms with Crippen molar-refractivity contribution in [3.05, 3.63) is 27.7 Å². The summed E-state index contributed by atoms with van der Waals surface area (Å²) in [5, 5.41) is 4.01. The highest BCUT2D eigenvalue weighted by Crippen LogP contribution is 2.25. The van der Waals surface area contributed by atoms with Gasteiger partial charge in [-0.05, 0) is 40.5 Å². The fourth-order valence-electron chi connectivity index (χ4n) is 1.24. The summed E-state index contributed by atoms with van der Waals surface area (Å²) >= 11 is 9.37. The third-order valence-corrected chi connectivity index (χ3v) is 3.06. The fourth-order valence-corrected chi connectivity index (χ4v) is 1.80. The zero-order valence-corrected chi connectivity index (χ0v) is 11.8. The summed E-state index contributed by atoms with van der Waals surface area (Å²) in [7, 11) is 0. The quantitative estimate of drug-likeness (QED) is 0.757. The second-order valence-corrected chi connectivity index (χ2v) is 4.81. The number of unbranched alkanes of at least 4 members (excludes halogenated alkanes) is 1. The summed E-state index contributed by atoms with van der Waals surface area (Å²) < 4.78 is 6.47. The minimum atomic E-state index is 0.721. The second kappa shape index (κ2) is 7.93. The average molecular weight is 307 g/mol. The van der Waals surface area contributed by atoms with Gasteiger partial charge in [-0.1, -0.05) is 24.9 Å². The second-order valence-electron chi connectivity index (χ2n) is 3.52. The molecule has 0 bridgehead atoms. The molecule has 0 atom stereocenters. The molecule has 2 nitrogen and oxygen atoms in total. The lowest BCUT2D eigenvalue weighted by molar-refractivity contribution is 0.141. The Bertz CT molecular complexity index is 320. The Morgan fingerprint density at radius 2 is 2.19 bits per heavy atom. The maximum absolute atomic E-state index is 5.91. The lowest BCUT2D eigenvalue weighted by Crippen LogP contribution is -2.10. The molecule has 0 aliphatic rings.